The summed E-state index contributed by atoms with van der Waals surface area (Å²) in [6, 6.07) is 7.69. The highest BCUT2D eigenvalue weighted by Gasteiger charge is 2.13. The van der Waals surface area contributed by atoms with Crippen molar-refractivity contribution in [2.24, 2.45) is 5.92 Å². The highest BCUT2D eigenvalue weighted by Crippen LogP contribution is 2.16. The van der Waals surface area contributed by atoms with E-state index in [2.05, 4.69) is 24.2 Å². The first-order valence-electron chi connectivity index (χ1n) is 6.36. The van der Waals surface area contributed by atoms with Crippen molar-refractivity contribution in [3.63, 3.8) is 0 Å². The SMILES string of the molecule is CC(C)Cc1c(CO)nnn1Cc1cccc(Cl)c1. The summed E-state index contributed by atoms with van der Waals surface area (Å²) in [6.45, 7) is 4.82. The molecule has 0 atom stereocenters. The van der Waals surface area contributed by atoms with Crippen molar-refractivity contribution < 1.29 is 5.11 Å². The van der Waals surface area contributed by atoms with Crippen LogP contribution in [0, 0.1) is 5.92 Å². The van der Waals surface area contributed by atoms with Crippen molar-refractivity contribution in [2.45, 2.75) is 33.4 Å². The van der Waals surface area contributed by atoms with Gasteiger partial charge < -0.3 is 5.11 Å². The molecule has 2 aromatic rings. The van der Waals surface area contributed by atoms with Crippen molar-refractivity contribution in [1.82, 2.24) is 15.0 Å². The van der Waals surface area contributed by atoms with Crippen molar-refractivity contribution in [3.8, 4) is 0 Å². The lowest BCUT2D eigenvalue weighted by molar-refractivity contribution is 0.275. The van der Waals surface area contributed by atoms with Crippen LogP contribution < -0.4 is 0 Å². The molecule has 0 aliphatic rings. The number of aromatic nitrogens is 3. The van der Waals surface area contributed by atoms with Crippen LogP contribution in [0.25, 0.3) is 0 Å². The molecule has 5 heteroatoms. The van der Waals surface area contributed by atoms with Gasteiger partial charge in [-0.25, -0.2) is 4.68 Å². The van der Waals surface area contributed by atoms with Crippen molar-refractivity contribution in [1.29, 1.82) is 0 Å². The number of benzene rings is 1. The first-order valence-corrected chi connectivity index (χ1v) is 6.74. The number of aliphatic hydroxyl groups is 1. The molecule has 1 heterocycles. The molecule has 2 rings (SSSR count). The van der Waals surface area contributed by atoms with Gasteiger partial charge in [0.05, 0.1) is 18.8 Å². The van der Waals surface area contributed by atoms with Crippen LogP contribution >= 0.6 is 11.6 Å². The number of aliphatic hydroxyl groups excluding tert-OH is 1. The highest BCUT2D eigenvalue weighted by molar-refractivity contribution is 6.30. The van der Waals surface area contributed by atoms with Crippen LogP contribution in [-0.4, -0.2) is 20.1 Å². The van der Waals surface area contributed by atoms with Crippen molar-refractivity contribution >= 4 is 11.6 Å². The Morgan fingerprint density at radius 1 is 1.37 bits per heavy atom. The van der Waals surface area contributed by atoms with Crippen molar-refractivity contribution in [2.75, 3.05) is 0 Å². The van der Waals surface area contributed by atoms with Crippen LogP contribution in [0.5, 0.6) is 0 Å². The molecule has 0 aliphatic heterocycles. The summed E-state index contributed by atoms with van der Waals surface area (Å²) in [4.78, 5) is 0. The maximum Gasteiger partial charge on any atom is 0.111 e. The molecule has 0 unspecified atom stereocenters. The Balaban J connectivity index is 2.27. The Bertz CT molecular complexity index is 551. The second-order valence-corrected chi connectivity index (χ2v) is 5.46. The van der Waals surface area contributed by atoms with Gasteiger partial charge in [0.25, 0.3) is 0 Å². The van der Waals surface area contributed by atoms with E-state index in [1.807, 2.05) is 28.9 Å². The number of hydrogen-bond acceptors (Lipinski definition) is 3. The molecule has 0 bridgehead atoms. The second-order valence-electron chi connectivity index (χ2n) is 5.03. The topological polar surface area (TPSA) is 50.9 Å². The molecule has 0 fully saturated rings. The van der Waals surface area contributed by atoms with E-state index in [0.717, 1.165) is 17.7 Å². The average molecular weight is 280 g/mol. The molecule has 0 saturated carbocycles. The van der Waals surface area contributed by atoms with E-state index in [1.54, 1.807) is 0 Å². The van der Waals surface area contributed by atoms with Crippen LogP contribution in [0.2, 0.25) is 5.02 Å². The van der Waals surface area contributed by atoms with E-state index >= 15 is 0 Å². The standard InChI is InChI=1S/C14H18ClN3O/c1-10(2)6-14-13(9-19)16-17-18(14)8-11-4-3-5-12(15)7-11/h3-5,7,10,19H,6,8-9H2,1-2H3. The monoisotopic (exact) mass is 279 g/mol. The number of hydrogen-bond donors (Lipinski definition) is 1. The van der Waals surface area contributed by atoms with Gasteiger partial charge in [-0.1, -0.05) is 42.8 Å². The molecule has 0 aliphatic carbocycles. The molecule has 1 aromatic heterocycles. The fourth-order valence-electron chi connectivity index (χ4n) is 2.04. The van der Waals surface area contributed by atoms with E-state index in [-0.39, 0.29) is 6.61 Å². The van der Waals surface area contributed by atoms with Crippen molar-refractivity contribution in [3.05, 3.63) is 46.2 Å². The third kappa shape index (κ3) is 3.55. The molecule has 1 N–H and O–H groups in total. The predicted octanol–water partition coefficient (Wildman–Crippen LogP) is 2.67. The average Bonchev–Trinajstić information content (AvgIpc) is 2.71. The second kappa shape index (κ2) is 6.17. The van der Waals surface area contributed by atoms with E-state index in [4.69, 9.17) is 11.6 Å². The Morgan fingerprint density at radius 3 is 2.79 bits per heavy atom. The van der Waals surface area contributed by atoms with Gasteiger partial charge in [-0.3, -0.25) is 0 Å². The number of halogens is 1. The summed E-state index contributed by atoms with van der Waals surface area (Å²) in [5, 5.41) is 18.2. The summed E-state index contributed by atoms with van der Waals surface area (Å²) in [5.74, 6) is 0.488. The maximum absolute atomic E-state index is 9.32. The van der Waals surface area contributed by atoms with Gasteiger partial charge in [0, 0.05) is 5.02 Å². The van der Waals surface area contributed by atoms with Gasteiger partial charge in [0.2, 0.25) is 0 Å². The molecular weight excluding hydrogens is 262 g/mol. The lowest BCUT2D eigenvalue weighted by Gasteiger charge is -2.10. The minimum atomic E-state index is -0.0718. The molecule has 0 spiro atoms. The Hall–Kier alpha value is -1.39. The smallest absolute Gasteiger partial charge is 0.111 e. The molecule has 4 nitrogen and oxygen atoms in total. The maximum atomic E-state index is 9.32. The fraction of sp³-hybridized carbons (Fsp3) is 0.429. The Labute approximate surface area is 118 Å². The fourth-order valence-corrected chi connectivity index (χ4v) is 2.25. The van der Waals surface area contributed by atoms with E-state index in [1.165, 1.54) is 0 Å². The predicted molar refractivity (Wildman–Crippen MR) is 75.0 cm³/mol. The largest absolute Gasteiger partial charge is 0.390 e. The van der Waals surface area contributed by atoms with Gasteiger partial charge in [0.15, 0.2) is 0 Å². The zero-order chi connectivity index (χ0) is 13.8. The van der Waals surface area contributed by atoms with Gasteiger partial charge in [0.1, 0.15) is 5.69 Å². The summed E-state index contributed by atoms with van der Waals surface area (Å²) < 4.78 is 1.84. The van der Waals surface area contributed by atoms with Gasteiger partial charge >= 0.3 is 0 Å². The van der Waals surface area contributed by atoms with E-state index < -0.39 is 0 Å². The van der Waals surface area contributed by atoms with Gasteiger partial charge in [-0.05, 0) is 30.0 Å². The number of rotatable bonds is 5. The number of nitrogens with zero attached hydrogens (tertiary/aromatic N) is 3. The molecule has 0 radical (unpaired) electrons. The zero-order valence-corrected chi connectivity index (χ0v) is 11.9. The Kier molecular flexibility index (Phi) is 4.56. The summed E-state index contributed by atoms with van der Waals surface area (Å²) in [6.07, 6.45) is 0.851. The van der Waals surface area contributed by atoms with Gasteiger partial charge in [-0.2, -0.15) is 0 Å². The third-order valence-electron chi connectivity index (χ3n) is 2.89. The van der Waals surface area contributed by atoms with E-state index in [0.29, 0.717) is 23.2 Å². The molecular formula is C14H18ClN3O. The molecule has 0 amide bonds. The first-order chi connectivity index (χ1) is 9.10. The first kappa shape index (κ1) is 14.0. The zero-order valence-electron chi connectivity index (χ0n) is 11.2. The van der Waals surface area contributed by atoms with Crippen LogP contribution in [0.3, 0.4) is 0 Å². The summed E-state index contributed by atoms with van der Waals surface area (Å²) in [7, 11) is 0. The summed E-state index contributed by atoms with van der Waals surface area (Å²) in [5.41, 5.74) is 2.74. The van der Waals surface area contributed by atoms with E-state index in [9.17, 15) is 5.11 Å². The van der Waals surface area contributed by atoms with Crippen LogP contribution in [-0.2, 0) is 19.6 Å². The highest BCUT2D eigenvalue weighted by atomic mass is 35.5. The lowest BCUT2D eigenvalue weighted by Crippen LogP contribution is -2.10. The lowest BCUT2D eigenvalue weighted by atomic mass is 10.1. The quantitative estimate of drug-likeness (QED) is 0.915. The third-order valence-corrected chi connectivity index (χ3v) is 3.13. The minimum absolute atomic E-state index is 0.0718. The Morgan fingerprint density at radius 2 is 2.16 bits per heavy atom. The van der Waals surface area contributed by atoms with Crippen LogP contribution in [0.1, 0.15) is 30.8 Å². The van der Waals surface area contributed by atoms with Crippen LogP contribution in [0.4, 0.5) is 0 Å². The normalized spacial score (nSPS) is 11.2. The summed E-state index contributed by atoms with van der Waals surface area (Å²) >= 11 is 5.98. The molecule has 0 saturated heterocycles. The minimum Gasteiger partial charge on any atom is -0.390 e. The van der Waals surface area contributed by atoms with Gasteiger partial charge in [-0.15, -0.1) is 5.10 Å². The molecule has 19 heavy (non-hydrogen) atoms. The molecule has 1 aromatic carbocycles. The molecule has 102 valence electrons. The van der Waals surface area contributed by atoms with Crippen LogP contribution in [0.15, 0.2) is 24.3 Å².